The van der Waals surface area contributed by atoms with E-state index in [-0.39, 0.29) is 6.61 Å². The Bertz CT molecular complexity index is 374. The van der Waals surface area contributed by atoms with E-state index in [1.807, 2.05) is 0 Å². The van der Waals surface area contributed by atoms with Crippen molar-refractivity contribution in [2.75, 3.05) is 19.7 Å². The number of rotatable bonds is 7. The van der Waals surface area contributed by atoms with Crippen molar-refractivity contribution in [2.24, 2.45) is 0 Å². The molecule has 1 aromatic carbocycles. The highest BCUT2D eigenvalue weighted by atomic mass is 35.5. The van der Waals surface area contributed by atoms with Gasteiger partial charge in [-0.05, 0) is 19.1 Å². The Morgan fingerprint density at radius 1 is 1.28 bits per heavy atom. The van der Waals surface area contributed by atoms with Gasteiger partial charge in [0.25, 0.3) is 0 Å². The van der Waals surface area contributed by atoms with Crippen LogP contribution in [0.3, 0.4) is 0 Å². The summed E-state index contributed by atoms with van der Waals surface area (Å²) in [5.41, 5.74) is 0. The molecule has 0 fully saturated rings. The zero-order valence-electron chi connectivity index (χ0n) is 10.1. The zero-order valence-corrected chi connectivity index (χ0v) is 11.6. The lowest BCUT2D eigenvalue weighted by atomic mass is 10.3. The molecular formula is C12H17Cl2NO3. The average molecular weight is 294 g/mol. The molecule has 18 heavy (non-hydrogen) atoms. The number of halogens is 2. The molecule has 0 aliphatic rings. The first kappa shape index (κ1) is 15.5. The SMILES string of the molecule is C[C@H](O)CNC[C@@H](O)COc1cc(Cl)ccc1Cl. The highest BCUT2D eigenvalue weighted by Crippen LogP contribution is 2.27. The number of aliphatic hydroxyl groups is 2. The summed E-state index contributed by atoms with van der Waals surface area (Å²) in [6, 6.07) is 4.90. The topological polar surface area (TPSA) is 61.7 Å². The molecule has 0 radical (unpaired) electrons. The van der Waals surface area contributed by atoms with Crippen LogP contribution in [0.5, 0.6) is 5.75 Å². The van der Waals surface area contributed by atoms with Gasteiger partial charge in [0.15, 0.2) is 0 Å². The summed E-state index contributed by atoms with van der Waals surface area (Å²) in [6.07, 6.45) is -1.13. The molecule has 0 saturated heterocycles. The van der Waals surface area contributed by atoms with Gasteiger partial charge in [0, 0.05) is 24.2 Å². The molecule has 0 unspecified atom stereocenters. The molecule has 0 spiro atoms. The van der Waals surface area contributed by atoms with Crippen LogP contribution < -0.4 is 10.1 Å². The minimum absolute atomic E-state index is 0.104. The molecule has 0 aliphatic heterocycles. The molecule has 0 heterocycles. The summed E-state index contributed by atoms with van der Waals surface area (Å²) in [5.74, 6) is 0.443. The van der Waals surface area contributed by atoms with Crippen LogP contribution >= 0.6 is 23.2 Å². The van der Waals surface area contributed by atoms with Crippen molar-refractivity contribution in [3.05, 3.63) is 28.2 Å². The molecule has 1 rings (SSSR count). The molecule has 2 atom stereocenters. The fourth-order valence-corrected chi connectivity index (χ4v) is 1.63. The summed E-state index contributed by atoms with van der Waals surface area (Å²) in [5, 5.41) is 22.6. The van der Waals surface area contributed by atoms with Crippen molar-refractivity contribution < 1.29 is 14.9 Å². The zero-order chi connectivity index (χ0) is 13.5. The van der Waals surface area contributed by atoms with E-state index in [0.717, 1.165) is 0 Å². The van der Waals surface area contributed by atoms with E-state index in [0.29, 0.717) is 28.9 Å². The molecule has 0 aromatic heterocycles. The molecule has 1 aromatic rings. The number of hydrogen-bond acceptors (Lipinski definition) is 4. The lowest BCUT2D eigenvalue weighted by Crippen LogP contribution is -2.35. The Kier molecular flexibility index (Phi) is 6.75. The predicted molar refractivity (Wildman–Crippen MR) is 72.5 cm³/mol. The van der Waals surface area contributed by atoms with Crippen LogP contribution in [0.1, 0.15) is 6.92 Å². The highest BCUT2D eigenvalue weighted by Gasteiger charge is 2.08. The van der Waals surface area contributed by atoms with Gasteiger partial charge in [-0.2, -0.15) is 0 Å². The van der Waals surface area contributed by atoms with E-state index in [1.54, 1.807) is 25.1 Å². The van der Waals surface area contributed by atoms with Gasteiger partial charge in [0.2, 0.25) is 0 Å². The summed E-state index contributed by atoms with van der Waals surface area (Å²) >= 11 is 11.7. The minimum atomic E-state index is -0.682. The summed E-state index contributed by atoms with van der Waals surface area (Å²) in [6.45, 7) is 2.53. The monoisotopic (exact) mass is 293 g/mol. The van der Waals surface area contributed by atoms with Crippen LogP contribution in [0, 0.1) is 0 Å². The second kappa shape index (κ2) is 7.81. The van der Waals surface area contributed by atoms with Crippen molar-refractivity contribution in [2.45, 2.75) is 19.1 Å². The van der Waals surface area contributed by atoms with Crippen LogP contribution in [0.25, 0.3) is 0 Å². The second-order valence-corrected chi connectivity index (χ2v) is 4.89. The summed E-state index contributed by atoms with van der Waals surface area (Å²) in [7, 11) is 0. The number of nitrogens with one attached hydrogen (secondary N) is 1. The summed E-state index contributed by atoms with van der Waals surface area (Å²) in [4.78, 5) is 0. The van der Waals surface area contributed by atoms with E-state index in [4.69, 9.17) is 33.0 Å². The van der Waals surface area contributed by atoms with Crippen molar-refractivity contribution in [1.82, 2.24) is 5.32 Å². The highest BCUT2D eigenvalue weighted by molar-refractivity contribution is 6.34. The molecule has 0 saturated carbocycles. The maximum absolute atomic E-state index is 9.64. The number of ether oxygens (including phenoxy) is 1. The maximum atomic E-state index is 9.64. The quantitative estimate of drug-likeness (QED) is 0.716. The van der Waals surface area contributed by atoms with Gasteiger partial charge in [-0.3, -0.25) is 0 Å². The Morgan fingerprint density at radius 3 is 2.67 bits per heavy atom. The second-order valence-electron chi connectivity index (χ2n) is 4.05. The number of aliphatic hydroxyl groups excluding tert-OH is 2. The van der Waals surface area contributed by atoms with Crippen molar-refractivity contribution in [3.63, 3.8) is 0 Å². The van der Waals surface area contributed by atoms with Gasteiger partial charge in [0.1, 0.15) is 18.5 Å². The van der Waals surface area contributed by atoms with E-state index < -0.39 is 12.2 Å². The van der Waals surface area contributed by atoms with E-state index in [2.05, 4.69) is 5.32 Å². The average Bonchev–Trinajstić information content (AvgIpc) is 2.30. The molecule has 4 nitrogen and oxygen atoms in total. The van der Waals surface area contributed by atoms with Crippen LogP contribution in [-0.2, 0) is 0 Å². The normalized spacial score (nSPS) is 14.3. The molecule has 0 bridgehead atoms. The molecule has 102 valence electrons. The fraction of sp³-hybridized carbons (Fsp3) is 0.500. The van der Waals surface area contributed by atoms with Gasteiger partial charge in [0.05, 0.1) is 11.1 Å². The Hall–Kier alpha value is -0.520. The number of hydrogen-bond donors (Lipinski definition) is 3. The Labute approximate surface area is 116 Å². The third kappa shape index (κ3) is 5.89. The molecule has 0 aliphatic carbocycles. The first-order valence-corrected chi connectivity index (χ1v) is 6.39. The third-order valence-corrected chi connectivity index (χ3v) is 2.69. The van der Waals surface area contributed by atoms with Gasteiger partial charge in [-0.15, -0.1) is 0 Å². The third-order valence-electron chi connectivity index (χ3n) is 2.14. The Balaban J connectivity index is 2.33. The van der Waals surface area contributed by atoms with Gasteiger partial charge < -0.3 is 20.3 Å². The van der Waals surface area contributed by atoms with Crippen molar-refractivity contribution in [3.8, 4) is 5.75 Å². The maximum Gasteiger partial charge on any atom is 0.139 e. The standard InChI is InChI=1S/C12H17Cl2NO3/c1-8(16)5-15-6-10(17)7-18-12-4-9(13)2-3-11(12)14/h2-4,8,10,15-17H,5-7H2,1H3/t8-,10+/m0/s1. The van der Waals surface area contributed by atoms with E-state index in [9.17, 15) is 5.11 Å². The van der Waals surface area contributed by atoms with Crippen LogP contribution in [0.15, 0.2) is 18.2 Å². The summed E-state index contributed by atoms with van der Waals surface area (Å²) < 4.78 is 5.37. The van der Waals surface area contributed by atoms with Crippen LogP contribution in [0.2, 0.25) is 10.0 Å². The largest absolute Gasteiger partial charge is 0.489 e. The smallest absolute Gasteiger partial charge is 0.139 e. The van der Waals surface area contributed by atoms with Gasteiger partial charge in [-0.25, -0.2) is 0 Å². The predicted octanol–water partition coefficient (Wildman–Crippen LogP) is 1.70. The van der Waals surface area contributed by atoms with Crippen molar-refractivity contribution in [1.29, 1.82) is 0 Å². The lowest BCUT2D eigenvalue weighted by Gasteiger charge is -2.14. The fourth-order valence-electron chi connectivity index (χ4n) is 1.29. The molecule has 0 amide bonds. The first-order chi connectivity index (χ1) is 8.49. The van der Waals surface area contributed by atoms with Crippen LogP contribution in [0.4, 0.5) is 0 Å². The minimum Gasteiger partial charge on any atom is -0.489 e. The lowest BCUT2D eigenvalue weighted by molar-refractivity contribution is 0.101. The van der Waals surface area contributed by atoms with Crippen LogP contribution in [-0.4, -0.2) is 42.1 Å². The van der Waals surface area contributed by atoms with E-state index >= 15 is 0 Å². The molecule has 6 heteroatoms. The first-order valence-electron chi connectivity index (χ1n) is 5.63. The Morgan fingerprint density at radius 2 is 2.00 bits per heavy atom. The number of benzene rings is 1. The van der Waals surface area contributed by atoms with E-state index in [1.165, 1.54) is 0 Å². The molecule has 3 N–H and O–H groups in total. The molecular weight excluding hydrogens is 277 g/mol. The van der Waals surface area contributed by atoms with Gasteiger partial charge >= 0.3 is 0 Å². The van der Waals surface area contributed by atoms with Crippen molar-refractivity contribution >= 4 is 23.2 Å². The van der Waals surface area contributed by atoms with Gasteiger partial charge in [-0.1, -0.05) is 23.2 Å².